The lowest BCUT2D eigenvalue weighted by Gasteiger charge is -2.45. The van der Waals surface area contributed by atoms with Crippen LogP contribution in [0.4, 0.5) is 18.0 Å². The topological polar surface area (TPSA) is 91.3 Å². The maximum absolute atomic E-state index is 13.8. The van der Waals surface area contributed by atoms with Gasteiger partial charge in [-0.15, -0.1) is 0 Å². The summed E-state index contributed by atoms with van der Waals surface area (Å²) >= 11 is 12.0. The van der Waals surface area contributed by atoms with Gasteiger partial charge >= 0.3 is 12.2 Å². The van der Waals surface area contributed by atoms with E-state index in [4.69, 9.17) is 23.2 Å². The standard InChI is InChI=1S/C17H12Cl2F3N3O3/c18-10-5-1-4-9(12(10)19)13-11(14(26)8-3-2-6-23-7-8)16(28,17(20,21)22)25-15(27)24-13/h1-7,11,13,28H,(H2,24,25,27)/t11-,13+,16+/m0/s1. The molecule has 2 aromatic rings. The lowest BCUT2D eigenvalue weighted by molar-refractivity contribution is -0.287. The molecule has 2 amide bonds. The number of hydrogen-bond acceptors (Lipinski definition) is 4. The van der Waals surface area contributed by atoms with E-state index in [1.54, 1.807) is 0 Å². The molecule has 0 bridgehead atoms. The highest BCUT2D eigenvalue weighted by Crippen LogP contribution is 2.45. The minimum atomic E-state index is -5.36. The molecule has 3 rings (SSSR count). The largest absolute Gasteiger partial charge is 0.437 e. The second-order valence-electron chi connectivity index (χ2n) is 6.07. The molecule has 1 fully saturated rings. The molecule has 11 heteroatoms. The maximum atomic E-state index is 13.8. The van der Waals surface area contributed by atoms with Gasteiger partial charge in [0.15, 0.2) is 5.78 Å². The number of alkyl halides is 3. The van der Waals surface area contributed by atoms with Gasteiger partial charge in [0.05, 0.1) is 16.1 Å². The van der Waals surface area contributed by atoms with Gasteiger partial charge in [-0.05, 0) is 23.8 Å². The molecule has 2 heterocycles. The van der Waals surface area contributed by atoms with E-state index in [0.717, 1.165) is 6.20 Å². The van der Waals surface area contributed by atoms with Crippen LogP contribution in [-0.4, -0.2) is 33.8 Å². The molecule has 1 aliphatic rings. The number of carbonyl (C=O) groups is 2. The summed E-state index contributed by atoms with van der Waals surface area (Å²) in [5, 5.41) is 14.0. The number of carbonyl (C=O) groups excluding carboxylic acids is 2. The van der Waals surface area contributed by atoms with Gasteiger partial charge < -0.3 is 15.7 Å². The molecular formula is C17H12Cl2F3N3O3. The number of halogens is 5. The van der Waals surface area contributed by atoms with Crippen molar-refractivity contribution in [3.63, 3.8) is 0 Å². The number of ketones is 1. The van der Waals surface area contributed by atoms with Gasteiger partial charge in [0, 0.05) is 18.0 Å². The van der Waals surface area contributed by atoms with Crippen molar-refractivity contribution in [3.8, 4) is 0 Å². The lowest BCUT2D eigenvalue weighted by Crippen LogP contribution is -2.72. The van der Waals surface area contributed by atoms with Crippen LogP contribution in [0.1, 0.15) is 22.0 Å². The molecule has 1 saturated heterocycles. The van der Waals surface area contributed by atoms with Crippen LogP contribution in [0.25, 0.3) is 0 Å². The molecule has 0 unspecified atom stereocenters. The van der Waals surface area contributed by atoms with Gasteiger partial charge in [0.25, 0.3) is 0 Å². The Balaban J connectivity index is 2.22. The fourth-order valence-electron chi connectivity index (χ4n) is 3.05. The molecule has 0 radical (unpaired) electrons. The number of aromatic nitrogens is 1. The molecule has 1 aromatic heterocycles. The fraction of sp³-hybridized carbons (Fsp3) is 0.235. The smallest absolute Gasteiger partial charge is 0.363 e. The number of pyridine rings is 1. The minimum Gasteiger partial charge on any atom is -0.363 e. The van der Waals surface area contributed by atoms with Crippen LogP contribution in [0.3, 0.4) is 0 Å². The normalized spacial score (nSPS) is 25.0. The summed E-state index contributed by atoms with van der Waals surface area (Å²) in [6.07, 6.45) is -2.97. The quantitative estimate of drug-likeness (QED) is 0.646. The number of Topliss-reactive ketones (excluding diaryl/α,β-unsaturated/α-hetero) is 1. The van der Waals surface area contributed by atoms with Crippen molar-refractivity contribution in [1.29, 1.82) is 0 Å². The highest BCUT2D eigenvalue weighted by Gasteiger charge is 2.66. The van der Waals surface area contributed by atoms with Crippen LogP contribution in [0.15, 0.2) is 42.7 Å². The monoisotopic (exact) mass is 433 g/mol. The van der Waals surface area contributed by atoms with E-state index in [2.05, 4.69) is 10.3 Å². The average Bonchev–Trinajstić information content (AvgIpc) is 2.63. The molecule has 3 atom stereocenters. The molecule has 0 spiro atoms. The molecule has 28 heavy (non-hydrogen) atoms. The molecule has 6 nitrogen and oxygen atoms in total. The van der Waals surface area contributed by atoms with Crippen LogP contribution in [0.5, 0.6) is 0 Å². The van der Waals surface area contributed by atoms with E-state index in [0.29, 0.717) is 0 Å². The van der Waals surface area contributed by atoms with Crippen molar-refractivity contribution >= 4 is 35.0 Å². The Kier molecular flexibility index (Phi) is 5.26. The summed E-state index contributed by atoms with van der Waals surface area (Å²) in [4.78, 5) is 28.6. The molecule has 0 aliphatic carbocycles. The second kappa shape index (κ2) is 7.23. The van der Waals surface area contributed by atoms with E-state index in [1.165, 1.54) is 41.8 Å². The van der Waals surface area contributed by atoms with Crippen LogP contribution in [0, 0.1) is 5.92 Å². The third kappa shape index (κ3) is 3.41. The fourth-order valence-corrected chi connectivity index (χ4v) is 3.47. The van der Waals surface area contributed by atoms with Gasteiger partial charge in [0.1, 0.15) is 5.92 Å². The van der Waals surface area contributed by atoms with E-state index < -0.39 is 35.7 Å². The Bertz CT molecular complexity index is 927. The average molecular weight is 434 g/mol. The number of nitrogens with zero attached hydrogens (tertiary/aromatic N) is 1. The number of rotatable bonds is 3. The zero-order valence-corrected chi connectivity index (χ0v) is 15.3. The second-order valence-corrected chi connectivity index (χ2v) is 6.85. The van der Waals surface area contributed by atoms with Crippen LogP contribution < -0.4 is 10.6 Å². The predicted octanol–water partition coefficient (Wildman–Crippen LogP) is 3.49. The van der Waals surface area contributed by atoms with Gasteiger partial charge in [-0.3, -0.25) is 9.78 Å². The summed E-state index contributed by atoms with van der Waals surface area (Å²) in [7, 11) is 0. The van der Waals surface area contributed by atoms with Crippen molar-refractivity contribution < 1.29 is 27.9 Å². The highest BCUT2D eigenvalue weighted by molar-refractivity contribution is 6.42. The van der Waals surface area contributed by atoms with Crippen molar-refractivity contribution in [2.75, 3.05) is 0 Å². The van der Waals surface area contributed by atoms with Crippen molar-refractivity contribution in [2.45, 2.75) is 17.9 Å². The zero-order chi connectivity index (χ0) is 20.7. The van der Waals surface area contributed by atoms with Crippen molar-refractivity contribution in [2.24, 2.45) is 5.92 Å². The number of amides is 2. The summed E-state index contributed by atoms with van der Waals surface area (Å²) in [6.45, 7) is 0. The molecular weight excluding hydrogens is 422 g/mol. The molecule has 1 aromatic carbocycles. The first-order chi connectivity index (χ1) is 13.1. The highest BCUT2D eigenvalue weighted by atomic mass is 35.5. The number of hydrogen-bond donors (Lipinski definition) is 3. The first kappa shape index (κ1) is 20.4. The van der Waals surface area contributed by atoms with Crippen LogP contribution >= 0.6 is 23.2 Å². The summed E-state index contributed by atoms with van der Waals surface area (Å²) < 4.78 is 41.3. The van der Waals surface area contributed by atoms with E-state index in [-0.39, 0.29) is 21.2 Å². The van der Waals surface area contributed by atoms with Crippen molar-refractivity contribution in [3.05, 3.63) is 63.9 Å². The Labute approximate surface area is 166 Å². The Morgan fingerprint density at radius 1 is 1.21 bits per heavy atom. The van der Waals surface area contributed by atoms with Gasteiger partial charge in [-0.1, -0.05) is 35.3 Å². The van der Waals surface area contributed by atoms with Crippen LogP contribution in [0.2, 0.25) is 10.0 Å². The molecule has 0 saturated carbocycles. The van der Waals surface area contributed by atoms with Gasteiger partial charge in [-0.25, -0.2) is 4.79 Å². The van der Waals surface area contributed by atoms with Gasteiger partial charge in [0.2, 0.25) is 5.72 Å². The molecule has 1 aliphatic heterocycles. The molecule has 3 N–H and O–H groups in total. The number of nitrogens with one attached hydrogen (secondary N) is 2. The third-order valence-electron chi connectivity index (χ3n) is 4.35. The third-order valence-corrected chi connectivity index (χ3v) is 5.18. The summed E-state index contributed by atoms with van der Waals surface area (Å²) in [5.74, 6) is -3.30. The number of urea groups is 1. The Hall–Kier alpha value is -2.36. The lowest BCUT2D eigenvalue weighted by atomic mass is 9.77. The number of aliphatic hydroxyl groups is 1. The van der Waals surface area contributed by atoms with E-state index >= 15 is 0 Å². The predicted molar refractivity (Wildman–Crippen MR) is 93.9 cm³/mol. The Morgan fingerprint density at radius 3 is 2.54 bits per heavy atom. The van der Waals surface area contributed by atoms with E-state index in [1.807, 2.05) is 0 Å². The summed E-state index contributed by atoms with van der Waals surface area (Å²) in [5.41, 5.74) is -4.08. The van der Waals surface area contributed by atoms with Crippen molar-refractivity contribution in [1.82, 2.24) is 15.6 Å². The number of benzene rings is 1. The van der Waals surface area contributed by atoms with Gasteiger partial charge in [-0.2, -0.15) is 13.2 Å². The minimum absolute atomic E-state index is 0.00933. The van der Waals surface area contributed by atoms with Crippen LogP contribution in [-0.2, 0) is 0 Å². The molecule has 148 valence electrons. The SMILES string of the molecule is O=C1N[C@H](c2cccc(Cl)c2Cl)[C@@H](C(=O)c2cccnc2)[C@@](O)(C(F)(F)F)N1. The zero-order valence-electron chi connectivity index (χ0n) is 13.8. The summed E-state index contributed by atoms with van der Waals surface area (Å²) in [6, 6.07) is 3.77. The van der Waals surface area contributed by atoms with E-state index in [9.17, 15) is 27.9 Å². The first-order valence-corrected chi connectivity index (χ1v) is 8.58. The Morgan fingerprint density at radius 2 is 1.93 bits per heavy atom. The maximum Gasteiger partial charge on any atom is 0.437 e. The first-order valence-electron chi connectivity index (χ1n) is 7.82.